The first-order valence-corrected chi connectivity index (χ1v) is 10.9. The molecule has 0 aromatic carbocycles. The molecule has 2 aromatic rings. The first-order valence-electron chi connectivity index (χ1n) is 10.0. The number of hydrogen-bond acceptors (Lipinski definition) is 4. The summed E-state index contributed by atoms with van der Waals surface area (Å²) >= 11 is 1.69. The fraction of sp³-hybridized carbons (Fsp3) is 0.650. The smallest absolute Gasteiger partial charge is 0.341 e. The predicted molar refractivity (Wildman–Crippen MR) is 106 cm³/mol. The number of aromatic nitrogens is 3. The number of thiazole rings is 1. The number of alkyl halides is 3. The molecule has 1 atom stereocenters. The van der Waals surface area contributed by atoms with Crippen molar-refractivity contribution in [2.24, 2.45) is 5.92 Å². The van der Waals surface area contributed by atoms with Crippen LogP contribution < -0.4 is 0 Å². The summed E-state index contributed by atoms with van der Waals surface area (Å²) in [6, 6.07) is 0.971. The van der Waals surface area contributed by atoms with Gasteiger partial charge in [-0.1, -0.05) is 20.3 Å². The van der Waals surface area contributed by atoms with Gasteiger partial charge in [0.2, 0.25) is 5.91 Å². The van der Waals surface area contributed by atoms with Crippen molar-refractivity contribution in [1.82, 2.24) is 19.7 Å². The summed E-state index contributed by atoms with van der Waals surface area (Å²) < 4.78 is 39.5. The Bertz CT molecular complexity index is 837. The van der Waals surface area contributed by atoms with E-state index in [1.54, 1.807) is 16.2 Å². The van der Waals surface area contributed by atoms with Crippen molar-refractivity contribution in [2.45, 2.75) is 65.1 Å². The molecule has 1 unspecified atom stereocenters. The van der Waals surface area contributed by atoms with Crippen molar-refractivity contribution in [3.05, 3.63) is 33.5 Å². The third-order valence-electron chi connectivity index (χ3n) is 5.58. The highest BCUT2D eigenvalue weighted by Gasteiger charge is 2.35. The van der Waals surface area contributed by atoms with Gasteiger partial charge in [-0.05, 0) is 38.2 Å². The first kappa shape index (κ1) is 21.8. The van der Waals surface area contributed by atoms with Crippen LogP contribution in [0.25, 0.3) is 0 Å². The third-order valence-corrected chi connectivity index (χ3v) is 6.63. The van der Waals surface area contributed by atoms with Gasteiger partial charge in [0.05, 0.1) is 10.7 Å². The summed E-state index contributed by atoms with van der Waals surface area (Å²) in [6.07, 6.45) is -0.721. The molecule has 0 spiro atoms. The van der Waals surface area contributed by atoms with Crippen molar-refractivity contribution >= 4 is 17.2 Å². The fourth-order valence-corrected chi connectivity index (χ4v) is 4.52. The Kier molecular flexibility index (Phi) is 6.65. The molecule has 9 heteroatoms. The highest BCUT2D eigenvalue weighted by atomic mass is 32.1. The van der Waals surface area contributed by atoms with Gasteiger partial charge < -0.3 is 4.90 Å². The van der Waals surface area contributed by atoms with E-state index in [9.17, 15) is 18.0 Å². The summed E-state index contributed by atoms with van der Waals surface area (Å²) in [4.78, 5) is 19.1. The number of aryl methyl sites for hydroxylation is 1. The third kappa shape index (κ3) is 5.38. The lowest BCUT2D eigenvalue weighted by Crippen LogP contribution is -2.40. The van der Waals surface area contributed by atoms with Gasteiger partial charge in [-0.3, -0.25) is 9.48 Å². The van der Waals surface area contributed by atoms with Crippen LogP contribution in [0.1, 0.15) is 61.1 Å². The first-order chi connectivity index (χ1) is 13.7. The van der Waals surface area contributed by atoms with E-state index >= 15 is 0 Å². The molecule has 0 aliphatic carbocycles. The number of nitrogens with zero attached hydrogens (tertiary/aromatic N) is 4. The molecule has 2 aromatic heterocycles. The van der Waals surface area contributed by atoms with Crippen LogP contribution in [0, 0.1) is 12.8 Å². The number of halogens is 3. The van der Waals surface area contributed by atoms with Crippen LogP contribution in [-0.2, 0) is 23.9 Å². The monoisotopic (exact) mass is 428 g/mol. The summed E-state index contributed by atoms with van der Waals surface area (Å²) in [7, 11) is 0. The summed E-state index contributed by atoms with van der Waals surface area (Å²) in [5.74, 6) is 0.769. The number of rotatable bonds is 6. The Morgan fingerprint density at radius 2 is 2.03 bits per heavy atom. The van der Waals surface area contributed by atoms with E-state index in [0.29, 0.717) is 30.6 Å². The quantitative estimate of drug-likeness (QED) is 0.672. The molecule has 1 fully saturated rings. The van der Waals surface area contributed by atoms with Crippen LogP contribution in [0.15, 0.2) is 11.4 Å². The van der Waals surface area contributed by atoms with Crippen LogP contribution >= 0.6 is 11.3 Å². The lowest BCUT2D eigenvalue weighted by atomic mass is 9.97. The number of amides is 1. The Labute approximate surface area is 172 Å². The molecule has 1 saturated heterocycles. The SMILES string of the molecule is CCC(C)Cc1csc(C2CCN(C(=O)Cn3nc(C(F)(F)F)cc3C)CC2)n1. The second-order valence-corrected chi connectivity index (χ2v) is 8.77. The van der Waals surface area contributed by atoms with Gasteiger partial charge in [0.25, 0.3) is 0 Å². The molecule has 1 aliphatic rings. The average molecular weight is 429 g/mol. The molecular weight excluding hydrogens is 401 g/mol. The highest BCUT2D eigenvalue weighted by molar-refractivity contribution is 7.09. The molecule has 0 N–H and O–H groups in total. The number of carbonyl (C=O) groups is 1. The molecule has 160 valence electrons. The second kappa shape index (κ2) is 8.85. The van der Waals surface area contributed by atoms with Gasteiger partial charge in [0, 0.05) is 30.1 Å². The van der Waals surface area contributed by atoms with E-state index in [2.05, 4.69) is 24.3 Å². The Morgan fingerprint density at radius 1 is 1.34 bits per heavy atom. The van der Waals surface area contributed by atoms with Crippen molar-refractivity contribution < 1.29 is 18.0 Å². The maximum Gasteiger partial charge on any atom is 0.435 e. The van der Waals surface area contributed by atoms with Crippen LogP contribution in [0.3, 0.4) is 0 Å². The molecule has 3 heterocycles. The van der Waals surface area contributed by atoms with Crippen LogP contribution in [0.5, 0.6) is 0 Å². The lowest BCUT2D eigenvalue weighted by molar-refractivity contribution is -0.142. The standard InChI is InChI=1S/C20H27F3N4OS/c1-4-13(2)9-16-12-29-19(24-16)15-5-7-26(8-6-15)18(28)11-27-14(3)10-17(25-27)20(21,22)23/h10,12-13,15H,4-9,11H2,1-3H3. The maximum absolute atomic E-state index is 12.8. The second-order valence-electron chi connectivity index (χ2n) is 7.88. The van der Waals surface area contributed by atoms with Gasteiger partial charge in [-0.25, -0.2) is 4.98 Å². The number of hydrogen-bond donors (Lipinski definition) is 0. The van der Waals surface area contributed by atoms with E-state index in [0.717, 1.165) is 47.1 Å². The van der Waals surface area contributed by atoms with Gasteiger partial charge in [-0.2, -0.15) is 18.3 Å². The molecule has 3 rings (SSSR count). The van der Waals surface area contributed by atoms with E-state index in [4.69, 9.17) is 4.98 Å². The number of likely N-dealkylation sites (tertiary alicyclic amines) is 1. The van der Waals surface area contributed by atoms with Crippen LogP contribution in [0.4, 0.5) is 13.2 Å². The maximum atomic E-state index is 12.8. The topological polar surface area (TPSA) is 51.0 Å². The zero-order chi connectivity index (χ0) is 21.2. The number of carbonyl (C=O) groups excluding carboxylic acids is 1. The molecule has 29 heavy (non-hydrogen) atoms. The molecular formula is C20H27F3N4OS. The molecule has 1 aliphatic heterocycles. The summed E-state index contributed by atoms with van der Waals surface area (Å²) in [5, 5.41) is 6.82. The van der Waals surface area contributed by atoms with E-state index in [1.165, 1.54) is 6.92 Å². The zero-order valence-corrected chi connectivity index (χ0v) is 17.8. The predicted octanol–water partition coefficient (Wildman–Crippen LogP) is 4.66. The van der Waals surface area contributed by atoms with Crippen molar-refractivity contribution in [3.8, 4) is 0 Å². The summed E-state index contributed by atoms with van der Waals surface area (Å²) in [5.41, 5.74) is 0.517. The molecule has 0 bridgehead atoms. The normalized spacial score (nSPS) is 17.0. The van der Waals surface area contributed by atoms with Gasteiger partial charge >= 0.3 is 6.18 Å². The van der Waals surface area contributed by atoms with Crippen molar-refractivity contribution in [2.75, 3.05) is 13.1 Å². The molecule has 5 nitrogen and oxygen atoms in total. The lowest BCUT2D eigenvalue weighted by Gasteiger charge is -2.31. The largest absolute Gasteiger partial charge is 0.435 e. The molecule has 1 amide bonds. The highest BCUT2D eigenvalue weighted by Crippen LogP contribution is 2.31. The Morgan fingerprint density at radius 3 is 2.62 bits per heavy atom. The van der Waals surface area contributed by atoms with Crippen LogP contribution in [-0.4, -0.2) is 38.7 Å². The van der Waals surface area contributed by atoms with Gasteiger partial charge in [0.15, 0.2) is 5.69 Å². The number of piperidine rings is 1. The Hall–Kier alpha value is -1.90. The Balaban J connectivity index is 1.54. The minimum absolute atomic E-state index is 0.164. The van der Waals surface area contributed by atoms with E-state index in [1.807, 2.05) is 0 Å². The minimum atomic E-state index is -4.50. The van der Waals surface area contributed by atoms with Gasteiger partial charge in [-0.15, -0.1) is 11.3 Å². The zero-order valence-electron chi connectivity index (χ0n) is 17.0. The molecule has 0 radical (unpaired) electrons. The summed E-state index contributed by atoms with van der Waals surface area (Å²) in [6.45, 7) is 6.96. The van der Waals surface area contributed by atoms with Crippen LogP contribution in [0.2, 0.25) is 0 Å². The van der Waals surface area contributed by atoms with E-state index in [-0.39, 0.29) is 12.5 Å². The molecule has 0 saturated carbocycles. The van der Waals surface area contributed by atoms with E-state index < -0.39 is 11.9 Å². The van der Waals surface area contributed by atoms with Crippen molar-refractivity contribution in [1.29, 1.82) is 0 Å². The fourth-order valence-electron chi connectivity index (χ4n) is 3.52. The average Bonchev–Trinajstić information content (AvgIpc) is 3.28. The van der Waals surface area contributed by atoms with Crippen molar-refractivity contribution in [3.63, 3.8) is 0 Å². The van der Waals surface area contributed by atoms with Gasteiger partial charge in [0.1, 0.15) is 6.54 Å². The minimum Gasteiger partial charge on any atom is -0.341 e.